The summed E-state index contributed by atoms with van der Waals surface area (Å²) in [5.74, 6) is 0. The van der Waals surface area contributed by atoms with E-state index in [0.717, 1.165) is 9.46 Å². The first-order chi connectivity index (χ1) is 7.16. The van der Waals surface area contributed by atoms with E-state index in [-0.39, 0.29) is 0 Å². The number of hydrogen-bond acceptors (Lipinski definition) is 2. The van der Waals surface area contributed by atoms with Gasteiger partial charge in [0.25, 0.3) is 22.4 Å². The molecule has 0 saturated carbocycles. The van der Waals surface area contributed by atoms with Gasteiger partial charge in [-0.1, -0.05) is 19.1 Å². The lowest BCUT2D eigenvalue weighted by Crippen LogP contribution is -2.44. The van der Waals surface area contributed by atoms with E-state index in [1.807, 2.05) is 6.92 Å². The Labute approximate surface area is 87.6 Å². The van der Waals surface area contributed by atoms with Crippen molar-refractivity contribution in [1.29, 1.82) is 0 Å². The van der Waals surface area contributed by atoms with Gasteiger partial charge >= 0.3 is 0 Å². The van der Waals surface area contributed by atoms with E-state index in [9.17, 15) is 10.4 Å². The van der Waals surface area contributed by atoms with E-state index < -0.39 is 0 Å². The molecule has 0 bridgehead atoms. The van der Waals surface area contributed by atoms with E-state index in [1.165, 1.54) is 0 Å². The Kier molecular flexibility index (Phi) is 2.19. The molecule has 0 fully saturated rings. The molecule has 0 unspecified atom stereocenters. The van der Waals surface area contributed by atoms with Crippen molar-refractivity contribution in [3.05, 3.63) is 46.1 Å². The number of rotatable bonds is 1. The molecule has 0 aliphatic heterocycles. The molecule has 0 atom stereocenters. The summed E-state index contributed by atoms with van der Waals surface area (Å²) in [6, 6.07) is 6.83. The molecule has 4 heteroatoms. The van der Waals surface area contributed by atoms with Gasteiger partial charge in [-0.05, 0) is 0 Å². The van der Waals surface area contributed by atoms with Gasteiger partial charge in [-0.2, -0.15) is 9.46 Å². The van der Waals surface area contributed by atoms with Crippen LogP contribution in [0, 0.1) is 17.3 Å². The molecule has 0 N–H and O–H groups in total. The van der Waals surface area contributed by atoms with Crippen LogP contribution in [0.15, 0.2) is 24.3 Å². The molecule has 15 heavy (non-hydrogen) atoms. The summed E-state index contributed by atoms with van der Waals surface area (Å²) >= 11 is 0. The van der Waals surface area contributed by atoms with Gasteiger partial charge in [0.15, 0.2) is 0 Å². The van der Waals surface area contributed by atoms with E-state index in [0.29, 0.717) is 28.8 Å². The van der Waals surface area contributed by atoms with Crippen LogP contribution in [0.4, 0.5) is 0 Å². The smallest absolute Gasteiger partial charge is 0.290 e. The Morgan fingerprint density at radius 3 is 2.13 bits per heavy atom. The first-order valence-electron chi connectivity index (χ1n) is 4.90. The van der Waals surface area contributed by atoms with Gasteiger partial charge in [0.05, 0.1) is 0 Å². The minimum absolute atomic E-state index is 0.419. The number of aromatic nitrogens is 2. The van der Waals surface area contributed by atoms with Gasteiger partial charge in [0, 0.05) is 25.5 Å². The quantitative estimate of drug-likeness (QED) is 0.513. The Balaban J connectivity index is 2.96. The molecule has 1 aromatic heterocycles. The first-order valence-corrected chi connectivity index (χ1v) is 4.90. The van der Waals surface area contributed by atoms with Gasteiger partial charge in [-0.25, -0.2) is 0 Å². The van der Waals surface area contributed by atoms with Crippen LogP contribution < -0.4 is 9.46 Å². The van der Waals surface area contributed by atoms with E-state index in [1.54, 1.807) is 31.2 Å². The number of nitrogens with zero attached hydrogens (tertiary/aromatic N) is 2. The van der Waals surface area contributed by atoms with Crippen molar-refractivity contribution < 1.29 is 9.46 Å². The average Bonchev–Trinajstić information content (AvgIpc) is 2.27. The zero-order valence-corrected chi connectivity index (χ0v) is 8.73. The average molecular weight is 204 g/mol. The second-order valence-corrected chi connectivity index (χ2v) is 3.46. The van der Waals surface area contributed by atoms with E-state index >= 15 is 0 Å². The van der Waals surface area contributed by atoms with Gasteiger partial charge in [-0.3, -0.25) is 0 Å². The Bertz CT molecular complexity index is 523. The van der Waals surface area contributed by atoms with Crippen LogP contribution in [-0.4, -0.2) is 0 Å². The normalized spacial score (nSPS) is 10.8. The molecule has 4 nitrogen and oxygen atoms in total. The fourth-order valence-electron chi connectivity index (χ4n) is 1.80. The lowest BCUT2D eigenvalue weighted by molar-refractivity contribution is -0.639. The lowest BCUT2D eigenvalue weighted by Gasteiger charge is -2.09. The maximum absolute atomic E-state index is 11.9. The maximum Gasteiger partial charge on any atom is 0.290 e. The number of benzene rings is 1. The van der Waals surface area contributed by atoms with Crippen molar-refractivity contribution in [1.82, 2.24) is 0 Å². The minimum Gasteiger partial charge on any atom is -0.618 e. The van der Waals surface area contributed by atoms with Crippen LogP contribution in [0.2, 0.25) is 0 Å². The highest BCUT2D eigenvalue weighted by Crippen LogP contribution is 2.08. The summed E-state index contributed by atoms with van der Waals surface area (Å²) in [7, 11) is 0. The Morgan fingerprint density at radius 2 is 1.60 bits per heavy atom. The van der Waals surface area contributed by atoms with Crippen molar-refractivity contribution in [2.24, 2.45) is 0 Å². The third-order valence-electron chi connectivity index (χ3n) is 2.62. The summed E-state index contributed by atoms with van der Waals surface area (Å²) < 4.78 is 1.67. The van der Waals surface area contributed by atoms with E-state index in [2.05, 4.69) is 0 Å². The molecular weight excluding hydrogens is 192 g/mol. The monoisotopic (exact) mass is 204 g/mol. The second-order valence-electron chi connectivity index (χ2n) is 3.46. The number of hydrogen-bond donors (Lipinski definition) is 0. The van der Waals surface area contributed by atoms with Crippen molar-refractivity contribution >= 4 is 11.0 Å². The molecule has 1 heterocycles. The zero-order chi connectivity index (χ0) is 11.0. The lowest BCUT2D eigenvalue weighted by atomic mass is 10.2. The zero-order valence-electron chi connectivity index (χ0n) is 8.73. The number of para-hydroxylation sites is 2. The Hall–Kier alpha value is -1.84. The second kappa shape index (κ2) is 3.38. The predicted molar refractivity (Wildman–Crippen MR) is 56.0 cm³/mol. The molecule has 0 aliphatic carbocycles. The summed E-state index contributed by atoms with van der Waals surface area (Å²) in [6.07, 6.45) is 0.558. The van der Waals surface area contributed by atoms with Crippen LogP contribution in [0.1, 0.15) is 18.3 Å². The largest absolute Gasteiger partial charge is 0.618 e. The van der Waals surface area contributed by atoms with Gasteiger partial charge in [0.2, 0.25) is 0 Å². The first kappa shape index (κ1) is 9.71. The van der Waals surface area contributed by atoms with Crippen molar-refractivity contribution in [2.75, 3.05) is 0 Å². The van der Waals surface area contributed by atoms with Crippen molar-refractivity contribution in [3.8, 4) is 0 Å². The summed E-state index contributed by atoms with van der Waals surface area (Å²) in [4.78, 5) is 0. The van der Waals surface area contributed by atoms with E-state index in [4.69, 9.17) is 0 Å². The highest BCUT2D eigenvalue weighted by atomic mass is 16.5. The van der Waals surface area contributed by atoms with Crippen molar-refractivity contribution in [3.63, 3.8) is 0 Å². The third kappa shape index (κ3) is 1.29. The van der Waals surface area contributed by atoms with Gasteiger partial charge in [0.1, 0.15) is 0 Å². The fourth-order valence-corrected chi connectivity index (χ4v) is 1.80. The van der Waals surface area contributed by atoms with Gasteiger partial charge in [-0.15, -0.1) is 0 Å². The molecule has 0 aliphatic rings. The maximum atomic E-state index is 11.9. The SMILES string of the molecule is CCc1c(C)[n+]([O-])c2ccccc2[n+]1[O-]. The van der Waals surface area contributed by atoms with Crippen LogP contribution in [0.3, 0.4) is 0 Å². The minimum atomic E-state index is 0.419. The van der Waals surface area contributed by atoms with Crippen LogP contribution in [0.5, 0.6) is 0 Å². The highest BCUT2D eigenvalue weighted by Gasteiger charge is 2.22. The predicted octanol–water partition coefficient (Wildman–Crippen LogP) is 0.977. The summed E-state index contributed by atoms with van der Waals surface area (Å²) in [5.41, 5.74) is 1.85. The molecular formula is C11H12N2O2. The molecule has 0 spiro atoms. The number of fused-ring (bicyclic) bond motifs is 1. The molecule has 0 radical (unpaired) electrons. The van der Waals surface area contributed by atoms with Gasteiger partial charge < -0.3 is 10.4 Å². The van der Waals surface area contributed by atoms with Crippen LogP contribution in [-0.2, 0) is 6.42 Å². The van der Waals surface area contributed by atoms with Crippen LogP contribution >= 0.6 is 0 Å². The molecule has 0 saturated heterocycles. The summed E-state index contributed by atoms with van der Waals surface area (Å²) in [6.45, 7) is 3.54. The fraction of sp³-hybridized carbons (Fsp3) is 0.273. The standard InChI is InChI=1S/C11H12N2O2/c1-3-9-8(2)12(14)10-6-4-5-7-11(10)13(9)15/h4-7H,3H2,1-2H3. The molecule has 2 aromatic rings. The molecule has 0 amide bonds. The molecule has 2 rings (SSSR count). The topological polar surface area (TPSA) is 53.9 Å². The van der Waals surface area contributed by atoms with Crippen LogP contribution in [0.25, 0.3) is 11.0 Å². The Morgan fingerprint density at radius 1 is 1.07 bits per heavy atom. The highest BCUT2D eigenvalue weighted by molar-refractivity contribution is 5.67. The molecule has 78 valence electrons. The summed E-state index contributed by atoms with van der Waals surface area (Å²) in [5, 5.41) is 23.7. The third-order valence-corrected chi connectivity index (χ3v) is 2.62. The molecule has 1 aromatic carbocycles. The van der Waals surface area contributed by atoms with Crippen molar-refractivity contribution in [2.45, 2.75) is 20.3 Å².